The number of alkyl halides is 1. The number of carbonyl (C=O) groups excluding carboxylic acids is 1. The van der Waals surface area contributed by atoms with Gasteiger partial charge in [-0.1, -0.05) is 65.1 Å². The van der Waals surface area contributed by atoms with Crippen LogP contribution in [-0.2, 0) is 9.53 Å². The van der Waals surface area contributed by atoms with E-state index >= 15 is 0 Å². The largest absolute Gasteiger partial charge is 0.359 e. The summed E-state index contributed by atoms with van der Waals surface area (Å²) in [6, 6.07) is 10.0. The molecule has 2 atom stereocenters. The molecule has 1 spiro atoms. The SMILES string of the molecule is COC1(O)C=CC2(C=C1)C(c1ccccc1)C(I)C(=O)N2C. The second kappa shape index (κ2) is 5.47. The van der Waals surface area contributed by atoms with Crippen LogP contribution in [0.5, 0.6) is 0 Å². The average Bonchev–Trinajstić information content (AvgIpc) is 2.73. The molecule has 0 radical (unpaired) electrons. The Bertz CT molecular complexity index is 627. The first-order chi connectivity index (χ1) is 10.4. The molecule has 1 amide bonds. The zero-order valence-corrected chi connectivity index (χ0v) is 14.6. The number of amides is 1. The van der Waals surface area contributed by atoms with Crippen LogP contribution in [0.25, 0.3) is 0 Å². The lowest BCUT2D eigenvalue weighted by atomic mass is 9.77. The Morgan fingerprint density at radius 1 is 1.18 bits per heavy atom. The van der Waals surface area contributed by atoms with Gasteiger partial charge in [0.2, 0.25) is 11.7 Å². The van der Waals surface area contributed by atoms with E-state index in [1.54, 1.807) is 17.1 Å². The number of hydrogen-bond donors (Lipinski definition) is 1. The fraction of sp³-hybridized carbons (Fsp3) is 0.353. The molecule has 0 aromatic heterocycles. The van der Waals surface area contributed by atoms with Gasteiger partial charge < -0.3 is 14.7 Å². The molecule has 1 N–H and O–H groups in total. The van der Waals surface area contributed by atoms with Gasteiger partial charge in [-0.3, -0.25) is 4.79 Å². The van der Waals surface area contributed by atoms with Crippen LogP contribution in [0.1, 0.15) is 11.5 Å². The highest BCUT2D eigenvalue weighted by Crippen LogP contribution is 2.49. The number of likely N-dealkylation sites (N-methyl/N-ethyl adjacent to an activating group) is 1. The molecule has 3 rings (SSSR count). The molecule has 1 saturated heterocycles. The monoisotopic (exact) mass is 411 g/mol. The van der Waals surface area contributed by atoms with E-state index in [2.05, 4.69) is 22.6 Å². The van der Waals surface area contributed by atoms with Gasteiger partial charge in [0.25, 0.3) is 0 Å². The predicted octanol–water partition coefficient (Wildman–Crippen LogP) is 2.25. The van der Waals surface area contributed by atoms with E-state index in [9.17, 15) is 9.90 Å². The Labute approximate surface area is 143 Å². The first-order valence-electron chi connectivity index (χ1n) is 7.08. The lowest BCUT2D eigenvalue weighted by molar-refractivity contribution is -0.128. The van der Waals surface area contributed by atoms with Crippen LogP contribution >= 0.6 is 22.6 Å². The van der Waals surface area contributed by atoms with Crippen molar-refractivity contribution in [1.82, 2.24) is 4.90 Å². The molecular formula is C17H18INO3. The third-order valence-electron chi connectivity index (χ3n) is 4.60. The summed E-state index contributed by atoms with van der Waals surface area (Å²) in [6.45, 7) is 0. The first kappa shape index (κ1) is 15.7. The van der Waals surface area contributed by atoms with E-state index in [0.29, 0.717) is 0 Å². The minimum Gasteiger partial charge on any atom is -0.359 e. The Kier molecular flexibility index (Phi) is 3.91. The Morgan fingerprint density at radius 2 is 1.77 bits per heavy atom. The molecule has 1 heterocycles. The van der Waals surface area contributed by atoms with Gasteiger partial charge in [-0.15, -0.1) is 0 Å². The fourth-order valence-corrected chi connectivity index (χ4v) is 4.65. The summed E-state index contributed by atoms with van der Waals surface area (Å²) < 4.78 is 4.93. The van der Waals surface area contributed by atoms with Crippen molar-refractivity contribution in [2.24, 2.45) is 0 Å². The number of halogens is 1. The van der Waals surface area contributed by atoms with Crippen molar-refractivity contribution >= 4 is 28.5 Å². The second-order valence-electron chi connectivity index (χ2n) is 5.70. The summed E-state index contributed by atoms with van der Waals surface area (Å²) in [5, 5.41) is 10.2. The standard InChI is InChI=1S/C17H18INO3/c1-19-15(20)14(18)13(12-6-4-3-5-7-12)16(19)8-10-17(21,22-2)11-9-16/h3-11,13-14,21H,1-2H3. The van der Waals surface area contributed by atoms with Gasteiger partial charge in [0.15, 0.2) is 0 Å². The molecule has 116 valence electrons. The van der Waals surface area contributed by atoms with Gasteiger partial charge in [-0.05, 0) is 17.7 Å². The molecule has 22 heavy (non-hydrogen) atoms. The number of rotatable bonds is 2. The van der Waals surface area contributed by atoms with Crippen molar-refractivity contribution in [3.8, 4) is 0 Å². The topological polar surface area (TPSA) is 49.8 Å². The third-order valence-corrected chi connectivity index (χ3v) is 5.85. The lowest BCUT2D eigenvalue weighted by Gasteiger charge is -2.39. The molecule has 1 aromatic rings. The van der Waals surface area contributed by atoms with Gasteiger partial charge in [0.05, 0.1) is 9.46 Å². The van der Waals surface area contributed by atoms with E-state index < -0.39 is 11.3 Å². The second-order valence-corrected chi connectivity index (χ2v) is 7.04. The maximum atomic E-state index is 12.6. The number of likely N-dealkylation sites (tertiary alicyclic amines) is 1. The Hall–Kier alpha value is -1.18. The van der Waals surface area contributed by atoms with Gasteiger partial charge in [-0.25, -0.2) is 0 Å². The average molecular weight is 411 g/mol. The highest BCUT2D eigenvalue weighted by molar-refractivity contribution is 14.1. The molecule has 2 unspecified atom stereocenters. The lowest BCUT2D eigenvalue weighted by Crippen LogP contribution is -2.46. The van der Waals surface area contributed by atoms with Crippen LogP contribution in [0.2, 0.25) is 0 Å². The summed E-state index contributed by atoms with van der Waals surface area (Å²) in [5.41, 5.74) is 0.534. The van der Waals surface area contributed by atoms with Gasteiger partial charge in [0, 0.05) is 20.1 Å². The van der Waals surface area contributed by atoms with Crippen LogP contribution in [0.15, 0.2) is 54.6 Å². The zero-order chi connectivity index (χ0) is 16.0. The van der Waals surface area contributed by atoms with Gasteiger partial charge in [0.1, 0.15) is 0 Å². The maximum Gasteiger partial charge on any atom is 0.236 e. The molecule has 1 aliphatic carbocycles. The van der Waals surface area contributed by atoms with Crippen molar-refractivity contribution in [3.63, 3.8) is 0 Å². The van der Waals surface area contributed by atoms with Gasteiger partial charge in [-0.2, -0.15) is 0 Å². The van der Waals surface area contributed by atoms with Crippen LogP contribution in [0.4, 0.5) is 0 Å². The molecule has 0 bridgehead atoms. The summed E-state index contributed by atoms with van der Waals surface area (Å²) in [4.78, 5) is 14.3. The normalized spacial score (nSPS) is 37.3. The molecule has 1 fully saturated rings. The van der Waals surface area contributed by atoms with E-state index in [1.165, 1.54) is 7.11 Å². The molecule has 4 nitrogen and oxygen atoms in total. The highest BCUT2D eigenvalue weighted by atomic mass is 127. The van der Waals surface area contributed by atoms with Crippen LogP contribution in [-0.4, -0.2) is 45.3 Å². The quantitative estimate of drug-likeness (QED) is 0.352. The highest BCUT2D eigenvalue weighted by Gasteiger charge is 2.55. The van der Waals surface area contributed by atoms with Crippen LogP contribution in [0.3, 0.4) is 0 Å². The van der Waals surface area contributed by atoms with Crippen LogP contribution in [0, 0.1) is 0 Å². The van der Waals surface area contributed by atoms with E-state index in [1.807, 2.05) is 49.5 Å². The smallest absolute Gasteiger partial charge is 0.236 e. The predicted molar refractivity (Wildman–Crippen MR) is 92.7 cm³/mol. The Balaban J connectivity index is 2.10. The molecule has 2 aliphatic rings. The number of hydrogen-bond acceptors (Lipinski definition) is 3. The van der Waals surface area contributed by atoms with Crippen molar-refractivity contribution in [2.45, 2.75) is 21.2 Å². The number of methoxy groups -OCH3 is 1. The number of ether oxygens (including phenoxy) is 1. The fourth-order valence-electron chi connectivity index (χ4n) is 3.24. The van der Waals surface area contributed by atoms with Crippen molar-refractivity contribution in [1.29, 1.82) is 0 Å². The van der Waals surface area contributed by atoms with Crippen LogP contribution < -0.4 is 0 Å². The summed E-state index contributed by atoms with van der Waals surface area (Å²) in [7, 11) is 3.26. The van der Waals surface area contributed by atoms with E-state index in [4.69, 9.17) is 4.74 Å². The van der Waals surface area contributed by atoms with Crippen molar-refractivity contribution in [3.05, 3.63) is 60.2 Å². The zero-order valence-electron chi connectivity index (χ0n) is 12.4. The summed E-state index contributed by atoms with van der Waals surface area (Å²) in [6.07, 6.45) is 6.98. The van der Waals surface area contributed by atoms with Gasteiger partial charge >= 0.3 is 0 Å². The van der Waals surface area contributed by atoms with Crippen molar-refractivity contribution in [2.75, 3.05) is 14.2 Å². The third kappa shape index (κ3) is 2.23. The number of nitrogens with zero attached hydrogens (tertiary/aromatic N) is 1. The van der Waals surface area contributed by atoms with E-state index in [0.717, 1.165) is 5.56 Å². The number of benzene rings is 1. The molecule has 1 aromatic carbocycles. The Morgan fingerprint density at radius 3 is 2.32 bits per heavy atom. The van der Waals surface area contributed by atoms with Crippen molar-refractivity contribution < 1.29 is 14.6 Å². The summed E-state index contributed by atoms with van der Waals surface area (Å²) >= 11 is 2.22. The maximum absolute atomic E-state index is 12.6. The van der Waals surface area contributed by atoms with E-state index in [-0.39, 0.29) is 15.7 Å². The summed E-state index contributed by atoms with van der Waals surface area (Å²) in [5.74, 6) is -1.33. The number of aliphatic hydroxyl groups is 1. The number of carbonyl (C=O) groups is 1. The minimum absolute atomic E-state index is 0.0132. The molecular weight excluding hydrogens is 393 g/mol. The molecule has 1 aliphatic heterocycles. The molecule has 5 heteroatoms. The minimum atomic E-state index is -1.40. The first-order valence-corrected chi connectivity index (χ1v) is 8.33. The molecule has 0 saturated carbocycles.